The molecule has 8 heteroatoms. The molecule has 1 aromatic heterocycles. The van der Waals surface area contributed by atoms with Crippen molar-refractivity contribution in [2.24, 2.45) is 0 Å². The van der Waals surface area contributed by atoms with Gasteiger partial charge in [0.1, 0.15) is 0 Å². The number of nitrogens with one attached hydrogen (secondary N) is 1. The Kier molecular flexibility index (Phi) is 5.27. The van der Waals surface area contributed by atoms with Crippen LogP contribution in [0.5, 0.6) is 0 Å². The van der Waals surface area contributed by atoms with Crippen LogP contribution in [-0.4, -0.2) is 53.5 Å². The van der Waals surface area contributed by atoms with Crippen LogP contribution in [0.25, 0.3) is 0 Å². The van der Waals surface area contributed by atoms with Crippen LogP contribution in [0, 0.1) is 6.92 Å². The van der Waals surface area contributed by atoms with Gasteiger partial charge in [-0.3, -0.25) is 0 Å². The molecule has 3 rings (SSSR count). The second-order valence-electron chi connectivity index (χ2n) is 6.16. The van der Waals surface area contributed by atoms with Gasteiger partial charge in [0.2, 0.25) is 0 Å². The third kappa shape index (κ3) is 3.63. The van der Waals surface area contributed by atoms with Crippen molar-refractivity contribution in [2.75, 3.05) is 13.2 Å². The van der Waals surface area contributed by atoms with Crippen LogP contribution in [-0.2, 0) is 4.74 Å². The zero-order chi connectivity index (χ0) is 18.0. The fourth-order valence-electron chi connectivity index (χ4n) is 2.89. The summed E-state index contributed by atoms with van der Waals surface area (Å²) in [7, 11) is 0. The van der Waals surface area contributed by atoms with E-state index >= 15 is 0 Å². The van der Waals surface area contributed by atoms with Gasteiger partial charge < -0.3 is 0 Å². The van der Waals surface area contributed by atoms with Crippen LogP contribution < -0.4 is 15.7 Å². The Balaban J connectivity index is 2.00. The van der Waals surface area contributed by atoms with E-state index in [0.29, 0.717) is 12.0 Å². The van der Waals surface area contributed by atoms with Crippen molar-refractivity contribution in [1.82, 2.24) is 9.55 Å². The number of aromatic nitrogens is 2. The van der Waals surface area contributed by atoms with Gasteiger partial charge in [0.05, 0.1) is 0 Å². The van der Waals surface area contributed by atoms with E-state index in [1.807, 2.05) is 30.3 Å². The molecule has 7 nitrogen and oxygen atoms in total. The summed E-state index contributed by atoms with van der Waals surface area (Å²) in [5.74, 6) is 0. The number of aryl methyl sites for hydroxylation is 1. The first-order valence-corrected chi connectivity index (χ1v) is 9.76. The summed E-state index contributed by atoms with van der Waals surface area (Å²) in [5.41, 5.74) is -1.67. The Bertz CT molecular complexity index is 844. The van der Waals surface area contributed by atoms with Gasteiger partial charge in [0.25, 0.3) is 0 Å². The topological polar surface area (TPSA) is 105 Å². The number of ether oxygens (including phenoxy) is 1. The molecule has 134 valence electrons. The fraction of sp³-hybridized carbons (Fsp3) is 0.412. The fourth-order valence-corrected chi connectivity index (χ4v) is 5.73. The van der Waals surface area contributed by atoms with Gasteiger partial charge in [0, 0.05) is 0 Å². The van der Waals surface area contributed by atoms with E-state index in [1.165, 1.54) is 10.8 Å². The van der Waals surface area contributed by atoms with Gasteiger partial charge in [-0.25, -0.2) is 0 Å². The molecule has 1 aliphatic rings. The summed E-state index contributed by atoms with van der Waals surface area (Å²) in [6.45, 7) is 0.948. The molecule has 2 aromatic rings. The third-order valence-corrected chi connectivity index (χ3v) is 6.90. The van der Waals surface area contributed by atoms with Crippen LogP contribution in [0.2, 0.25) is 4.82 Å². The first-order valence-electron chi connectivity index (χ1n) is 7.91. The number of hydrogen-bond donors (Lipinski definition) is 3. The summed E-state index contributed by atoms with van der Waals surface area (Å²) in [4.78, 5) is 26.1. The molecule has 3 N–H and O–H groups in total. The van der Waals surface area contributed by atoms with Crippen molar-refractivity contribution in [3.63, 3.8) is 0 Å². The molecular formula is C17H20N2O5Se. The first kappa shape index (κ1) is 18.1. The van der Waals surface area contributed by atoms with E-state index in [0.717, 1.165) is 4.46 Å². The summed E-state index contributed by atoms with van der Waals surface area (Å²) >= 11 is -0.0402. The molecule has 1 fully saturated rings. The Morgan fingerprint density at radius 1 is 1.28 bits per heavy atom. The number of nitrogens with zero attached hydrogens (tertiary/aromatic N) is 1. The molecule has 2 atom stereocenters. The standard InChI is InChI=1S/C17H20N2O5Se/c1-11-8-19(16(23)18-14(11)22)15-13(7-17(9-20,10-21)24-15)25-12-5-3-2-4-6-12/h2-6,8,13,15,20-21H,7,9-10H2,1H3,(H,18,22,23)/t13-,15-/m0/s1. The molecular weight excluding hydrogens is 391 g/mol. The van der Waals surface area contributed by atoms with E-state index in [2.05, 4.69) is 4.98 Å². The molecule has 1 aliphatic heterocycles. The second-order valence-corrected chi connectivity index (χ2v) is 8.91. The number of aliphatic hydroxyl groups is 2. The Morgan fingerprint density at radius 3 is 2.60 bits per heavy atom. The van der Waals surface area contributed by atoms with Gasteiger partial charge in [-0.1, -0.05) is 0 Å². The van der Waals surface area contributed by atoms with E-state index < -0.39 is 23.1 Å². The van der Waals surface area contributed by atoms with Crippen molar-refractivity contribution in [3.8, 4) is 0 Å². The number of aliphatic hydroxyl groups excluding tert-OH is 2. The molecule has 1 aromatic carbocycles. The van der Waals surface area contributed by atoms with Gasteiger partial charge in [-0.15, -0.1) is 0 Å². The Labute approximate surface area is 150 Å². The van der Waals surface area contributed by atoms with Crippen LogP contribution >= 0.6 is 0 Å². The minimum atomic E-state index is -1.09. The molecule has 1 saturated heterocycles. The number of benzene rings is 1. The van der Waals surface area contributed by atoms with E-state index in [-0.39, 0.29) is 33.0 Å². The normalized spacial score (nSPS) is 22.2. The first-order chi connectivity index (χ1) is 12.0. The van der Waals surface area contributed by atoms with Crippen LogP contribution in [0.15, 0.2) is 46.1 Å². The van der Waals surface area contributed by atoms with Crippen LogP contribution in [0.3, 0.4) is 0 Å². The Morgan fingerprint density at radius 2 is 1.96 bits per heavy atom. The molecule has 0 unspecified atom stereocenters. The summed E-state index contributed by atoms with van der Waals surface area (Å²) in [5, 5.41) is 19.4. The summed E-state index contributed by atoms with van der Waals surface area (Å²) in [6.07, 6.45) is 1.26. The van der Waals surface area contributed by atoms with E-state index in [1.54, 1.807) is 6.92 Å². The number of rotatable bonds is 5. The quantitative estimate of drug-likeness (QED) is 0.565. The molecule has 0 bridgehead atoms. The number of aromatic amines is 1. The molecule has 0 amide bonds. The average molecular weight is 411 g/mol. The maximum atomic E-state index is 12.3. The zero-order valence-corrected chi connectivity index (χ0v) is 15.4. The summed E-state index contributed by atoms with van der Waals surface area (Å²) < 4.78 is 8.44. The van der Waals surface area contributed by atoms with Crippen molar-refractivity contribution in [3.05, 3.63) is 62.9 Å². The number of H-pyrrole nitrogens is 1. The van der Waals surface area contributed by atoms with Gasteiger partial charge in [0.15, 0.2) is 0 Å². The molecule has 0 spiro atoms. The Hall–Kier alpha value is -1.70. The zero-order valence-electron chi connectivity index (χ0n) is 13.7. The molecule has 0 saturated carbocycles. The molecule has 25 heavy (non-hydrogen) atoms. The van der Waals surface area contributed by atoms with E-state index in [4.69, 9.17) is 4.74 Å². The average Bonchev–Trinajstić information content (AvgIpc) is 2.98. The summed E-state index contributed by atoms with van der Waals surface area (Å²) in [6, 6.07) is 9.85. The molecule has 0 aliphatic carbocycles. The number of hydrogen-bond acceptors (Lipinski definition) is 5. The second kappa shape index (κ2) is 7.27. The maximum absolute atomic E-state index is 12.3. The van der Waals surface area contributed by atoms with Crippen LogP contribution in [0.4, 0.5) is 0 Å². The van der Waals surface area contributed by atoms with Crippen molar-refractivity contribution in [2.45, 2.75) is 30.0 Å². The monoisotopic (exact) mass is 412 g/mol. The molecule has 0 radical (unpaired) electrons. The van der Waals surface area contributed by atoms with Crippen LogP contribution in [0.1, 0.15) is 18.2 Å². The van der Waals surface area contributed by atoms with Gasteiger partial charge in [-0.2, -0.15) is 0 Å². The van der Waals surface area contributed by atoms with Gasteiger partial charge in [-0.05, 0) is 0 Å². The van der Waals surface area contributed by atoms with Crippen molar-refractivity contribution < 1.29 is 14.9 Å². The predicted octanol–water partition coefficient (Wildman–Crippen LogP) is -0.694. The molecule has 2 heterocycles. The SMILES string of the molecule is Cc1cn([C@H]2OC(CO)(CO)C[C@@H]2[Se]c2ccccc2)c(=O)[nH]c1=O. The minimum absolute atomic E-state index is 0.0402. The van der Waals surface area contributed by atoms with Crippen molar-refractivity contribution >= 4 is 19.4 Å². The van der Waals surface area contributed by atoms with E-state index in [9.17, 15) is 19.8 Å². The van der Waals surface area contributed by atoms with Gasteiger partial charge >= 0.3 is 150 Å². The third-order valence-electron chi connectivity index (χ3n) is 4.29. The predicted molar refractivity (Wildman–Crippen MR) is 93.3 cm³/mol. The van der Waals surface area contributed by atoms with Crippen molar-refractivity contribution in [1.29, 1.82) is 0 Å².